The second-order valence-corrected chi connectivity index (χ2v) is 4.60. The van der Waals surface area contributed by atoms with Crippen LogP contribution in [-0.4, -0.2) is 12.0 Å². The fraction of sp³-hybridized carbons (Fsp3) is 0.154. The number of aryl methyl sites for hydroxylation is 1. The molecule has 0 saturated carbocycles. The van der Waals surface area contributed by atoms with Crippen molar-refractivity contribution in [1.29, 1.82) is 0 Å². The molecule has 88 valence electrons. The van der Waals surface area contributed by atoms with Gasteiger partial charge in [-0.05, 0) is 52.7 Å². The summed E-state index contributed by atoms with van der Waals surface area (Å²) in [6, 6.07) is 8.36. The number of nitrogens with zero attached hydrogens (tertiary/aromatic N) is 2. The molecule has 0 bridgehead atoms. The summed E-state index contributed by atoms with van der Waals surface area (Å²) in [6.45, 7) is 1.99. The Bertz CT molecular complexity index is 543. The zero-order valence-corrected chi connectivity index (χ0v) is 11.2. The molecule has 0 aliphatic carbocycles. The Balaban J connectivity index is 2.44. The quantitative estimate of drug-likeness (QED) is 0.830. The van der Waals surface area contributed by atoms with Crippen molar-refractivity contribution < 1.29 is 4.39 Å². The Labute approximate surface area is 108 Å². The first kappa shape index (κ1) is 12.0. The molecule has 1 aromatic carbocycles. The topological polar surface area (TPSA) is 16.1 Å². The third-order valence-corrected chi connectivity index (χ3v) is 3.56. The lowest BCUT2D eigenvalue weighted by Gasteiger charge is -2.20. The van der Waals surface area contributed by atoms with Gasteiger partial charge in [0.2, 0.25) is 0 Å². The Kier molecular flexibility index (Phi) is 3.43. The average molecular weight is 295 g/mol. The van der Waals surface area contributed by atoms with Crippen LogP contribution in [0.2, 0.25) is 0 Å². The second kappa shape index (κ2) is 4.84. The molecule has 2 rings (SSSR count). The van der Waals surface area contributed by atoms with Crippen molar-refractivity contribution in [3.63, 3.8) is 0 Å². The van der Waals surface area contributed by atoms with Gasteiger partial charge in [0.25, 0.3) is 0 Å². The molecule has 0 aliphatic heterocycles. The second-order valence-electron chi connectivity index (χ2n) is 3.80. The van der Waals surface area contributed by atoms with E-state index in [1.807, 2.05) is 31.0 Å². The smallest absolute Gasteiger partial charge is 0.147 e. The summed E-state index contributed by atoms with van der Waals surface area (Å²) < 4.78 is 14.1. The molecule has 1 aromatic heterocycles. The predicted octanol–water partition coefficient (Wildman–Crippen LogP) is 4.06. The van der Waals surface area contributed by atoms with E-state index in [9.17, 15) is 4.39 Å². The molecule has 2 aromatic rings. The molecular weight excluding hydrogens is 283 g/mol. The molecule has 1 heterocycles. The van der Waals surface area contributed by atoms with E-state index < -0.39 is 0 Å². The zero-order chi connectivity index (χ0) is 12.4. The molecule has 0 unspecified atom stereocenters. The zero-order valence-electron chi connectivity index (χ0n) is 9.61. The van der Waals surface area contributed by atoms with E-state index in [0.717, 1.165) is 21.5 Å². The largest absolute Gasteiger partial charge is 0.328 e. The van der Waals surface area contributed by atoms with Crippen molar-refractivity contribution in [3.05, 3.63) is 52.4 Å². The number of halogens is 2. The molecule has 0 amide bonds. The van der Waals surface area contributed by atoms with Gasteiger partial charge in [0.05, 0.1) is 4.47 Å². The van der Waals surface area contributed by atoms with E-state index in [0.29, 0.717) is 0 Å². The first-order valence-corrected chi connectivity index (χ1v) is 5.99. The Morgan fingerprint density at radius 3 is 2.76 bits per heavy atom. The number of benzene rings is 1. The van der Waals surface area contributed by atoms with Gasteiger partial charge >= 0.3 is 0 Å². The molecule has 2 nitrogen and oxygen atoms in total. The minimum Gasteiger partial charge on any atom is -0.328 e. The van der Waals surface area contributed by atoms with Crippen LogP contribution in [0.3, 0.4) is 0 Å². The lowest BCUT2D eigenvalue weighted by Crippen LogP contribution is -2.12. The molecule has 0 N–H and O–H groups in total. The first-order chi connectivity index (χ1) is 8.09. The Morgan fingerprint density at radius 2 is 2.06 bits per heavy atom. The summed E-state index contributed by atoms with van der Waals surface area (Å²) in [5, 5.41) is 0. The van der Waals surface area contributed by atoms with Gasteiger partial charge in [-0.3, -0.25) is 0 Å². The summed E-state index contributed by atoms with van der Waals surface area (Å²) in [5.41, 5.74) is 1.86. The standard InChI is InChI=1S/C13H12BrFN2/c1-9-6-7-16-13(12(9)14)17(2)11-5-3-4-10(15)8-11/h3-8H,1-2H3. The molecule has 0 atom stereocenters. The molecule has 4 heteroatoms. The fourth-order valence-corrected chi connectivity index (χ4v) is 2.07. The van der Waals surface area contributed by atoms with Crippen LogP contribution < -0.4 is 4.90 Å². The molecule has 0 spiro atoms. The van der Waals surface area contributed by atoms with E-state index in [2.05, 4.69) is 20.9 Å². The van der Waals surface area contributed by atoms with Crippen molar-refractivity contribution in [2.24, 2.45) is 0 Å². The minimum atomic E-state index is -0.252. The van der Waals surface area contributed by atoms with Crippen molar-refractivity contribution in [2.75, 3.05) is 11.9 Å². The van der Waals surface area contributed by atoms with Crippen LogP contribution in [0.5, 0.6) is 0 Å². The first-order valence-electron chi connectivity index (χ1n) is 5.20. The van der Waals surface area contributed by atoms with Crippen LogP contribution >= 0.6 is 15.9 Å². The number of hydrogen-bond donors (Lipinski definition) is 0. The van der Waals surface area contributed by atoms with Gasteiger partial charge in [-0.15, -0.1) is 0 Å². The number of aromatic nitrogens is 1. The highest BCUT2D eigenvalue weighted by molar-refractivity contribution is 9.10. The maximum absolute atomic E-state index is 13.2. The summed E-state index contributed by atoms with van der Waals surface area (Å²) >= 11 is 3.50. The molecule has 17 heavy (non-hydrogen) atoms. The minimum absolute atomic E-state index is 0.252. The van der Waals surface area contributed by atoms with Crippen molar-refractivity contribution in [3.8, 4) is 0 Å². The van der Waals surface area contributed by atoms with Gasteiger partial charge in [-0.2, -0.15) is 0 Å². The molecular formula is C13H12BrFN2. The number of rotatable bonds is 2. The van der Waals surface area contributed by atoms with E-state index in [1.165, 1.54) is 12.1 Å². The van der Waals surface area contributed by atoms with Crippen LogP contribution in [0.25, 0.3) is 0 Å². The maximum atomic E-state index is 13.2. The van der Waals surface area contributed by atoms with Crippen LogP contribution in [0.1, 0.15) is 5.56 Å². The van der Waals surface area contributed by atoms with Crippen LogP contribution in [0, 0.1) is 12.7 Å². The van der Waals surface area contributed by atoms with Gasteiger partial charge in [0.15, 0.2) is 0 Å². The highest BCUT2D eigenvalue weighted by Gasteiger charge is 2.11. The fourth-order valence-electron chi connectivity index (χ4n) is 1.57. The summed E-state index contributed by atoms with van der Waals surface area (Å²) in [6.07, 6.45) is 1.74. The Morgan fingerprint density at radius 1 is 1.29 bits per heavy atom. The number of pyridine rings is 1. The highest BCUT2D eigenvalue weighted by Crippen LogP contribution is 2.30. The van der Waals surface area contributed by atoms with E-state index in [4.69, 9.17) is 0 Å². The average Bonchev–Trinajstić information content (AvgIpc) is 2.32. The molecule has 0 saturated heterocycles. The van der Waals surface area contributed by atoms with Gasteiger partial charge < -0.3 is 4.90 Å². The molecule has 0 radical (unpaired) electrons. The lowest BCUT2D eigenvalue weighted by molar-refractivity contribution is 0.628. The van der Waals surface area contributed by atoms with Crippen molar-refractivity contribution in [2.45, 2.75) is 6.92 Å². The van der Waals surface area contributed by atoms with Gasteiger partial charge in [0.1, 0.15) is 11.6 Å². The van der Waals surface area contributed by atoms with Crippen LogP contribution in [0.15, 0.2) is 41.0 Å². The monoisotopic (exact) mass is 294 g/mol. The maximum Gasteiger partial charge on any atom is 0.147 e. The predicted molar refractivity (Wildman–Crippen MR) is 71.1 cm³/mol. The highest BCUT2D eigenvalue weighted by atomic mass is 79.9. The third kappa shape index (κ3) is 2.47. The van der Waals surface area contributed by atoms with Gasteiger partial charge in [-0.1, -0.05) is 6.07 Å². The lowest BCUT2D eigenvalue weighted by atomic mass is 10.2. The van der Waals surface area contributed by atoms with Crippen molar-refractivity contribution >= 4 is 27.4 Å². The normalized spacial score (nSPS) is 10.4. The van der Waals surface area contributed by atoms with E-state index in [1.54, 1.807) is 12.3 Å². The van der Waals surface area contributed by atoms with Gasteiger partial charge in [-0.25, -0.2) is 9.37 Å². The number of anilines is 2. The third-order valence-electron chi connectivity index (χ3n) is 2.58. The molecule has 0 fully saturated rings. The van der Waals surface area contributed by atoms with E-state index >= 15 is 0 Å². The van der Waals surface area contributed by atoms with Crippen LogP contribution in [-0.2, 0) is 0 Å². The number of hydrogen-bond acceptors (Lipinski definition) is 2. The van der Waals surface area contributed by atoms with Gasteiger partial charge in [0, 0.05) is 18.9 Å². The molecule has 0 aliphatic rings. The SMILES string of the molecule is Cc1ccnc(N(C)c2cccc(F)c2)c1Br. The van der Waals surface area contributed by atoms with Crippen molar-refractivity contribution in [1.82, 2.24) is 4.98 Å². The summed E-state index contributed by atoms with van der Waals surface area (Å²) in [4.78, 5) is 6.15. The Hall–Kier alpha value is -1.42. The van der Waals surface area contributed by atoms with E-state index in [-0.39, 0.29) is 5.82 Å². The summed E-state index contributed by atoms with van der Waals surface area (Å²) in [7, 11) is 1.86. The summed E-state index contributed by atoms with van der Waals surface area (Å²) in [5.74, 6) is 0.522. The van der Waals surface area contributed by atoms with Crippen LogP contribution in [0.4, 0.5) is 15.9 Å².